The molecule has 0 spiro atoms. The van der Waals surface area contributed by atoms with Gasteiger partial charge < -0.3 is 10.1 Å². The minimum atomic E-state index is 0.551. The lowest BCUT2D eigenvalue weighted by Gasteiger charge is -2.33. The normalized spacial score (nSPS) is 22.7. The van der Waals surface area contributed by atoms with Gasteiger partial charge in [0.15, 0.2) is 5.75 Å². The van der Waals surface area contributed by atoms with Gasteiger partial charge in [0.1, 0.15) is 0 Å². The monoisotopic (exact) mass is 293 g/mol. The number of methoxy groups -OCH3 is 1. The quantitative estimate of drug-likeness (QED) is 0.835. The highest BCUT2D eigenvalue weighted by Gasteiger charge is 2.31. The van der Waals surface area contributed by atoms with E-state index in [2.05, 4.69) is 35.9 Å². The van der Waals surface area contributed by atoms with Crippen molar-refractivity contribution < 1.29 is 4.74 Å². The van der Waals surface area contributed by atoms with Crippen LogP contribution in [0.2, 0.25) is 0 Å². The van der Waals surface area contributed by atoms with Gasteiger partial charge in [0.05, 0.1) is 19.0 Å². The molecule has 21 heavy (non-hydrogen) atoms. The summed E-state index contributed by atoms with van der Waals surface area (Å²) in [7, 11) is 1.76. The minimum Gasteiger partial charge on any atom is -0.493 e. The van der Waals surface area contributed by atoms with Crippen LogP contribution in [0.1, 0.15) is 64.5 Å². The molecule has 0 aliphatic heterocycles. The molecular formula is C17H31N3O. The van der Waals surface area contributed by atoms with Crippen LogP contribution in [0.5, 0.6) is 5.75 Å². The van der Waals surface area contributed by atoms with Gasteiger partial charge >= 0.3 is 0 Å². The Labute approximate surface area is 129 Å². The first-order valence-electron chi connectivity index (χ1n) is 8.50. The van der Waals surface area contributed by atoms with E-state index in [1.54, 1.807) is 7.11 Å². The van der Waals surface area contributed by atoms with E-state index in [-0.39, 0.29) is 0 Å². The fraction of sp³-hybridized carbons (Fsp3) is 0.824. The molecule has 2 rings (SSSR count). The van der Waals surface area contributed by atoms with E-state index in [0.717, 1.165) is 25.3 Å². The van der Waals surface area contributed by atoms with Crippen molar-refractivity contribution in [1.29, 1.82) is 0 Å². The summed E-state index contributed by atoms with van der Waals surface area (Å²) in [4.78, 5) is 0. The Balaban J connectivity index is 2.21. The van der Waals surface area contributed by atoms with Crippen LogP contribution in [0, 0.1) is 5.92 Å². The maximum Gasteiger partial charge on any atom is 0.160 e. The van der Waals surface area contributed by atoms with Crippen molar-refractivity contribution in [1.82, 2.24) is 15.1 Å². The Kier molecular flexibility index (Phi) is 6.09. The molecule has 1 saturated carbocycles. The molecule has 4 nitrogen and oxygen atoms in total. The van der Waals surface area contributed by atoms with Gasteiger partial charge in [0, 0.05) is 18.5 Å². The van der Waals surface area contributed by atoms with Gasteiger partial charge in [-0.15, -0.1) is 0 Å². The van der Waals surface area contributed by atoms with Gasteiger partial charge in [0.2, 0.25) is 0 Å². The predicted molar refractivity (Wildman–Crippen MR) is 86.9 cm³/mol. The molecule has 1 heterocycles. The molecule has 2 atom stereocenters. The van der Waals surface area contributed by atoms with Crippen molar-refractivity contribution in [2.24, 2.45) is 5.92 Å². The number of rotatable bonds is 7. The van der Waals surface area contributed by atoms with Crippen LogP contribution in [0.3, 0.4) is 0 Å². The molecule has 4 heteroatoms. The summed E-state index contributed by atoms with van der Waals surface area (Å²) < 4.78 is 7.77. The summed E-state index contributed by atoms with van der Waals surface area (Å²) in [5, 5.41) is 8.18. The Hall–Kier alpha value is -1.03. The molecule has 1 fully saturated rings. The van der Waals surface area contributed by atoms with E-state index in [1.165, 1.54) is 31.4 Å². The van der Waals surface area contributed by atoms with Crippen molar-refractivity contribution >= 4 is 0 Å². The zero-order chi connectivity index (χ0) is 15.2. The highest BCUT2D eigenvalue weighted by atomic mass is 16.5. The van der Waals surface area contributed by atoms with Crippen LogP contribution >= 0.6 is 0 Å². The number of hydrogen-bond donors (Lipinski definition) is 1. The first kappa shape index (κ1) is 16.3. The second-order valence-electron chi connectivity index (χ2n) is 6.54. The van der Waals surface area contributed by atoms with E-state index in [1.807, 2.05) is 6.20 Å². The Morgan fingerprint density at radius 1 is 1.38 bits per heavy atom. The zero-order valence-electron chi connectivity index (χ0n) is 14.1. The van der Waals surface area contributed by atoms with E-state index >= 15 is 0 Å². The number of aromatic nitrogens is 2. The predicted octanol–water partition coefficient (Wildman–Crippen LogP) is 3.57. The Bertz CT molecular complexity index is 428. The number of nitrogens with one attached hydrogen (secondary N) is 1. The van der Waals surface area contributed by atoms with E-state index in [0.29, 0.717) is 17.9 Å². The highest BCUT2D eigenvalue weighted by molar-refractivity contribution is 5.30. The molecule has 1 N–H and O–H groups in total. The maximum absolute atomic E-state index is 5.60. The lowest BCUT2D eigenvalue weighted by Crippen LogP contribution is -2.34. The van der Waals surface area contributed by atoms with Crippen molar-refractivity contribution in [2.45, 2.75) is 71.4 Å². The van der Waals surface area contributed by atoms with Gasteiger partial charge in [-0.3, -0.25) is 4.68 Å². The molecule has 1 aromatic heterocycles. The fourth-order valence-electron chi connectivity index (χ4n) is 3.50. The molecule has 1 aliphatic rings. The fourth-order valence-corrected chi connectivity index (χ4v) is 3.50. The smallest absolute Gasteiger partial charge is 0.160 e. The van der Waals surface area contributed by atoms with Crippen molar-refractivity contribution in [3.05, 3.63) is 11.9 Å². The lowest BCUT2D eigenvalue weighted by molar-refractivity contribution is 0.270. The minimum absolute atomic E-state index is 0.551. The third-order valence-electron chi connectivity index (χ3n) is 4.55. The largest absolute Gasteiger partial charge is 0.493 e. The van der Waals surface area contributed by atoms with Gasteiger partial charge in [-0.25, -0.2) is 0 Å². The van der Waals surface area contributed by atoms with Crippen LogP contribution in [0.4, 0.5) is 0 Å². The van der Waals surface area contributed by atoms with Gasteiger partial charge in [0.25, 0.3) is 0 Å². The van der Waals surface area contributed by atoms with Crippen molar-refractivity contribution in [3.63, 3.8) is 0 Å². The third-order valence-corrected chi connectivity index (χ3v) is 4.55. The standard InChI is InChI=1S/C17H31N3O/c1-5-10-20-17(16(21-4)12-19-20)15-9-7-6-8-14(15)11-18-13(2)3/h12-15,18H,5-11H2,1-4H3. The Morgan fingerprint density at radius 3 is 2.81 bits per heavy atom. The van der Waals surface area contributed by atoms with Gasteiger partial charge in [-0.2, -0.15) is 5.10 Å². The van der Waals surface area contributed by atoms with E-state index in [4.69, 9.17) is 4.74 Å². The van der Waals surface area contributed by atoms with E-state index in [9.17, 15) is 0 Å². The van der Waals surface area contributed by atoms with Crippen LogP contribution < -0.4 is 10.1 Å². The average Bonchev–Trinajstić information content (AvgIpc) is 2.88. The number of nitrogens with zero attached hydrogens (tertiary/aromatic N) is 2. The van der Waals surface area contributed by atoms with Gasteiger partial charge in [-0.1, -0.05) is 33.6 Å². The summed E-state index contributed by atoms with van der Waals surface area (Å²) in [6, 6.07) is 0.551. The second-order valence-corrected chi connectivity index (χ2v) is 6.54. The average molecular weight is 293 g/mol. The molecule has 0 bridgehead atoms. The lowest BCUT2D eigenvalue weighted by atomic mass is 9.77. The number of aryl methyl sites for hydroxylation is 1. The maximum atomic E-state index is 5.60. The molecule has 1 aromatic rings. The molecule has 0 saturated heterocycles. The summed E-state index contributed by atoms with van der Waals surface area (Å²) in [6.45, 7) is 8.73. The molecule has 0 aromatic carbocycles. The summed E-state index contributed by atoms with van der Waals surface area (Å²) in [5.74, 6) is 2.25. The molecular weight excluding hydrogens is 262 g/mol. The van der Waals surface area contributed by atoms with Crippen LogP contribution in [-0.2, 0) is 6.54 Å². The summed E-state index contributed by atoms with van der Waals surface area (Å²) in [5.41, 5.74) is 1.33. The first-order chi connectivity index (χ1) is 10.2. The molecule has 2 unspecified atom stereocenters. The Morgan fingerprint density at radius 2 is 2.14 bits per heavy atom. The topological polar surface area (TPSA) is 39.1 Å². The summed E-state index contributed by atoms with van der Waals surface area (Å²) in [6.07, 6.45) is 8.25. The second kappa shape index (κ2) is 7.83. The highest BCUT2D eigenvalue weighted by Crippen LogP contribution is 2.41. The van der Waals surface area contributed by atoms with Crippen molar-refractivity contribution in [2.75, 3.05) is 13.7 Å². The molecule has 120 valence electrons. The van der Waals surface area contributed by atoms with Crippen molar-refractivity contribution in [3.8, 4) is 5.75 Å². The molecule has 0 radical (unpaired) electrons. The third kappa shape index (κ3) is 4.00. The first-order valence-corrected chi connectivity index (χ1v) is 8.50. The van der Waals surface area contributed by atoms with Crippen LogP contribution in [0.25, 0.3) is 0 Å². The number of ether oxygens (including phenoxy) is 1. The van der Waals surface area contributed by atoms with Crippen LogP contribution in [-0.4, -0.2) is 29.5 Å². The molecule has 0 amide bonds. The summed E-state index contributed by atoms with van der Waals surface area (Å²) >= 11 is 0. The van der Waals surface area contributed by atoms with E-state index < -0.39 is 0 Å². The SMILES string of the molecule is CCCn1ncc(OC)c1C1CCCCC1CNC(C)C. The van der Waals surface area contributed by atoms with Crippen LogP contribution in [0.15, 0.2) is 6.20 Å². The van der Waals surface area contributed by atoms with Gasteiger partial charge in [-0.05, 0) is 31.7 Å². The number of hydrogen-bond acceptors (Lipinski definition) is 3. The molecule has 1 aliphatic carbocycles. The zero-order valence-corrected chi connectivity index (χ0v) is 14.1.